The van der Waals surface area contributed by atoms with Crippen molar-refractivity contribution in [2.45, 2.75) is 18.9 Å². The number of nitrogens with zero attached hydrogens (tertiary/aromatic N) is 1. The first-order valence-electron chi connectivity index (χ1n) is 8.99. The number of ether oxygens (including phenoxy) is 1. The summed E-state index contributed by atoms with van der Waals surface area (Å²) in [6, 6.07) is 14.1. The molecule has 0 saturated carbocycles. The zero-order valence-electron chi connectivity index (χ0n) is 15.2. The van der Waals surface area contributed by atoms with Gasteiger partial charge in [0.1, 0.15) is 5.75 Å². The quantitative estimate of drug-likeness (QED) is 0.760. The lowest BCUT2D eigenvalue weighted by Gasteiger charge is -2.32. The number of nitrogens with one attached hydrogen (secondary N) is 2. The van der Waals surface area contributed by atoms with Crippen molar-refractivity contribution in [2.75, 3.05) is 25.0 Å². The first-order chi connectivity index (χ1) is 13.5. The minimum atomic E-state index is -0.224. The lowest BCUT2D eigenvalue weighted by molar-refractivity contribution is -0.124. The molecule has 1 heterocycles. The molecule has 1 aliphatic rings. The molecule has 0 atom stereocenters. The fraction of sp³-hybridized carbons (Fsp3) is 0.300. The van der Waals surface area contributed by atoms with E-state index >= 15 is 0 Å². The molecule has 6 nitrogen and oxygen atoms in total. The van der Waals surface area contributed by atoms with E-state index in [1.54, 1.807) is 23.1 Å². The number of likely N-dealkylation sites (tertiary alicyclic amines) is 1. The topological polar surface area (TPSA) is 70.7 Å². The Bertz CT molecular complexity index is 825. The fourth-order valence-electron chi connectivity index (χ4n) is 2.96. The van der Waals surface area contributed by atoms with Gasteiger partial charge in [-0.15, -0.1) is 0 Å². The molecule has 148 valence electrons. The number of para-hydroxylation sites is 1. The Morgan fingerprint density at radius 2 is 1.79 bits per heavy atom. The summed E-state index contributed by atoms with van der Waals surface area (Å²) in [5.74, 6) is 0.187. The monoisotopic (exact) mass is 421 g/mol. The molecule has 1 fully saturated rings. The molecule has 3 amide bonds. The number of halogens is 2. The molecule has 0 aromatic heterocycles. The van der Waals surface area contributed by atoms with E-state index in [1.165, 1.54) is 0 Å². The molecule has 2 aromatic carbocycles. The van der Waals surface area contributed by atoms with E-state index in [2.05, 4.69) is 10.6 Å². The van der Waals surface area contributed by atoms with Gasteiger partial charge in [0.05, 0.1) is 5.02 Å². The zero-order valence-corrected chi connectivity index (χ0v) is 16.7. The number of hydrogen-bond donors (Lipinski definition) is 2. The van der Waals surface area contributed by atoms with Gasteiger partial charge < -0.3 is 20.3 Å². The number of benzene rings is 2. The number of hydrogen-bond acceptors (Lipinski definition) is 3. The smallest absolute Gasteiger partial charge is 0.321 e. The number of amides is 3. The van der Waals surface area contributed by atoms with Gasteiger partial charge in [-0.2, -0.15) is 0 Å². The Morgan fingerprint density at radius 1 is 1.07 bits per heavy atom. The van der Waals surface area contributed by atoms with E-state index in [4.69, 9.17) is 27.9 Å². The highest BCUT2D eigenvalue weighted by Crippen LogP contribution is 2.27. The zero-order chi connectivity index (χ0) is 19.9. The molecule has 0 spiro atoms. The average molecular weight is 422 g/mol. The second kappa shape index (κ2) is 9.66. The van der Waals surface area contributed by atoms with Gasteiger partial charge in [0.25, 0.3) is 5.91 Å². The summed E-state index contributed by atoms with van der Waals surface area (Å²) in [4.78, 5) is 26.2. The lowest BCUT2D eigenvalue weighted by Crippen LogP contribution is -2.48. The van der Waals surface area contributed by atoms with Crippen molar-refractivity contribution < 1.29 is 14.3 Å². The number of anilines is 1. The van der Waals surface area contributed by atoms with Crippen molar-refractivity contribution in [3.8, 4) is 5.75 Å². The summed E-state index contributed by atoms with van der Waals surface area (Å²) in [7, 11) is 0. The number of carbonyl (C=O) groups is 2. The molecule has 0 aliphatic carbocycles. The Morgan fingerprint density at radius 3 is 2.46 bits per heavy atom. The minimum Gasteiger partial charge on any atom is -0.482 e. The van der Waals surface area contributed by atoms with Crippen LogP contribution in [0.4, 0.5) is 10.5 Å². The fourth-order valence-corrected chi connectivity index (χ4v) is 3.42. The lowest BCUT2D eigenvalue weighted by atomic mass is 10.1. The van der Waals surface area contributed by atoms with Gasteiger partial charge in [-0.3, -0.25) is 4.79 Å². The molecule has 1 aliphatic heterocycles. The van der Waals surface area contributed by atoms with Crippen LogP contribution < -0.4 is 15.4 Å². The van der Waals surface area contributed by atoms with Crippen LogP contribution in [0.2, 0.25) is 10.0 Å². The highest BCUT2D eigenvalue weighted by molar-refractivity contribution is 6.35. The van der Waals surface area contributed by atoms with E-state index in [9.17, 15) is 9.59 Å². The van der Waals surface area contributed by atoms with Crippen molar-refractivity contribution in [3.63, 3.8) is 0 Å². The Kier molecular flexibility index (Phi) is 7.01. The summed E-state index contributed by atoms with van der Waals surface area (Å²) in [6.45, 7) is 1.02. The van der Waals surface area contributed by atoms with E-state index in [0.717, 1.165) is 5.69 Å². The molecular formula is C20H21Cl2N3O3. The molecule has 1 saturated heterocycles. The third kappa shape index (κ3) is 5.78. The van der Waals surface area contributed by atoms with Crippen molar-refractivity contribution in [2.24, 2.45) is 0 Å². The molecular weight excluding hydrogens is 401 g/mol. The van der Waals surface area contributed by atoms with Crippen LogP contribution >= 0.6 is 23.2 Å². The minimum absolute atomic E-state index is 0.0116. The van der Waals surface area contributed by atoms with Crippen LogP contribution in [0.1, 0.15) is 12.8 Å². The molecule has 0 unspecified atom stereocenters. The van der Waals surface area contributed by atoms with Crippen molar-refractivity contribution in [1.29, 1.82) is 0 Å². The van der Waals surface area contributed by atoms with Crippen LogP contribution in [0.15, 0.2) is 48.5 Å². The molecule has 0 radical (unpaired) electrons. The molecule has 2 aromatic rings. The number of piperidine rings is 1. The van der Waals surface area contributed by atoms with Gasteiger partial charge in [-0.1, -0.05) is 41.4 Å². The third-order valence-electron chi connectivity index (χ3n) is 4.43. The van der Waals surface area contributed by atoms with Crippen LogP contribution in [0.25, 0.3) is 0 Å². The summed E-state index contributed by atoms with van der Waals surface area (Å²) in [5.41, 5.74) is 0.765. The first kappa shape index (κ1) is 20.3. The number of urea groups is 1. The van der Waals surface area contributed by atoms with Gasteiger partial charge in [-0.05, 0) is 43.2 Å². The Hall–Kier alpha value is -2.44. The van der Waals surface area contributed by atoms with Gasteiger partial charge >= 0.3 is 6.03 Å². The predicted molar refractivity (Wildman–Crippen MR) is 110 cm³/mol. The average Bonchev–Trinajstić information content (AvgIpc) is 2.68. The largest absolute Gasteiger partial charge is 0.482 e. The molecule has 28 heavy (non-hydrogen) atoms. The van der Waals surface area contributed by atoms with Gasteiger partial charge in [0.15, 0.2) is 6.61 Å². The van der Waals surface area contributed by atoms with E-state index in [0.29, 0.717) is 41.7 Å². The maximum Gasteiger partial charge on any atom is 0.321 e. The summed E-state index contributed by atoms with van der Waals surface area (Å²) in [6.07, 6.45) is 1.38. The Labute approximate surface area is 173 Å². The van der Waals surface area contributed by atoms with Crippen molar-refractivity contribution >= 4 is 40.8 Å². The van der Waals surface area contributed by atoms with Gasteiger partial charge in [0, 0.05) is 29.8 Å². The van der Waals surface area contributed by atoms with Gasteiger partial charge in [-0.25, -0.2) is 4.79 Å². The number of rotatable bonds is 5. The molecule has 2 N–H and O–H groups in total. The Balaban J connectivity index is 1.40. The summed E-state index contributed by atoms with van der Waals surface area (Å²) >= 11 is 11.9. The summed E-state index contributed by atoms with van der Waals surface area (Å²) in [5, 5.41) is 6.67. The maximum absolute atomic E-state index is 12.3. The predicted octanol–water partition coefficient (Wildman–Crippen LogP) is 4.18. The standard InChI is InChI=1S/C20H21Cl2N3O3/c21-14-6-7-18(17(22)12-14)28-13-19(26)23-16-8-10-25(11-9-16)20(27)24-15-4-2-1-3-5-15/h1-7,12,16H,8-11,13H2,(H,23,26)(H,24,27). The normalized spacial score (nSPS) is 14.4. The van der Waals surface area contributed by atoms with E-state index in [-0.39, 0.29) is 24.6 Å². The van der Waals surface area contributed by atoms with E-state index in [1.807, 2.05) is 30.3 Å². The number of carbonyl (C=O) groups excluding carboxylic acids is 2. The summed E-state index contributed by atoms with van der Waals surface area (Å²) < 4.78 is 5.44. The molecule has 8 heteroatoms. The highest BCUT2D eigenvalue weighted by Gasteiger charge is 2.24. The van der Waals surface area contributed by atoms with Crippen LogP contribution in [0.5, 0.6) is 5.75 Å². The molecule has 3 rings (SSSR count). The highest BCUT2D eigenvalue weighted by atomic mass is 35.5. The van der Waals surface area contributed by atoms with Crippen molar-refractivity contribution in [1.82, 2.24) is 10.2 Å². The maximum atomic E-state index is 12.3. The van der Waals surface area contributed by atoms with Crippen LogP contribution in [-0.2, 0) is 4.79 Å². The molecule has 0 bridgehead atoms. The second-order valence-corrected chi connectivity index (χ2v) is 7.33. The SMILES string of the molecule is O=C(COc1ccc(Cl)cc1Cl)NC1CCN(C(=O)Nc2ccccc2)CC1. The first-order valence-corrected chi connectivity index (χ1v) is 9.75. The van der Waals surface area contributed by atoms with Crippen molar-refractivity contribution in [3.05, 3.63) is 58.6 Å². The van der Waals surface area contributed by atoms with Crippen LogP contribution in [-0.4, -0.2) is 42.6 Å². The van der Waals surface area contributed by atoms with Gasteiger partial charge in [0.2, 0.25) is 0 Å². The van der Waals surface area contributed by atoms with Crippen LogP contribution in [0.3, 0.4) is 0 Å². The van der Waals surface area contributed by atoms with E-state index < -0.39 is 0 Å². The third-order valence-corrected chi connectivity index (χ3v) is 4.96. The van der Waals surface area contributed by atoms with Crippen LogP contribution in [0, 0.1) is 0 Å². The second-order valence-electron chi connectivity index (χ2n) is 6.49.